The molecule has 2 rings (SSSR count). The summed E-state index contributed by atoms with van der Waals surface area (Å²) in [7, 11) is 1.48. The van der Waals surface area contributed by atoms with Gasteiger partial charge in [-0.15, -0.1) is 0 Å². The molecule has 0 spiro atoms. The summed E-state index contributed by atoms with van der Waals surface area (Å²) < 4.78 is 10.2. The molecule has 8 heteroatoms. The van der Waals surface area contributed by atoms with Crippen molar-refractivity contribution in [1.82, 2.24) is 9.88 Å². The van der Waals surface area contributed by atoms with Crippen molar-refractivity contribution in [2.24, 2.45) is 0 Å². The summed E-state index contributed by atoms with van der Waals surface area (Å²) in [5.41, 5.74) is 1.19. The fourth-order valence-corrected chi connectivity index (χ4v) is 2.29. The third-order valence-electron chi connectivity index (χ3n) is 3.32. The molecular weight excluding hydrogens is 292 g/mol. The van der Waals surface area contributed by atoms with Crippen molar-refractivity contribution in [2.45, 2.75) is 6.42 Å². The van der Waals surface area contributed by atoms with Gasteiger partial charge >= 0.3 is 12.1 Å². The van der Waals surface area contributed by atoms with Gasteiger partial charge in [0.1, 0.15) is 5.75 Å². The molecule has 1 amide bonds. The average Bonchev–Trinajstić information content (AvgIpc) is 2.52. The lowest BCUT2D eigenvalue weighted by atomic mass is 9.93. The van der Waals surface area contributed by atoms with Gasteiger partial charge in [-0.25, -0.2) is 9.59 Å². The molecule has 0 bridgehead atoms. The van der Waals surface area contributed by atoms with Gasteiger partial charge < -0.3 is 24.6 Å². The van der Waals surface area contributed by atoms with Crippen LogP contribution in [0.5, 0.6) is 5.75 Å². The smallest absolute Gasteiger partial charge is 0.407 e. The van der Waals surface area contributed by atoms with Gasteiger partial charge in [0, 0.05) is 25.4 Å². The number of methoxy groups -OCH3 is 1. The van der Waals surface area contributed by atoms with Crippen molar-refractivity contribution in [3.8, 4) is 5.75 Å². The Bertz CT molecular complexity index is 613. The predicted octanol–water partition coefficient (Wildman–Crippen LogP) is 1.29. The lowest BCUT2D eigenvalue weighted by Gasteiger charge is -2.27. The number of hydrogen-bond donors (Lipinski definition) is 2. The minimum Gasteiger partial charge on any atom is -0.478 e. The standard InChI is InChI=1S/C14H16N2O6/c1-21-8-22-12-6-15-4-2-10(12)9-3-5-16(14(19)20)7-11(9)13(17)18/h2,4,6H,3,5,7-8H2,1H3,(H,17,18)(H,19,20). The van der Waals surface area contributed by atoms with E-state index in [1.54, 1.807) is 6.07 Å². The highest BCUT2D eigenvalue weighted by Gasteiger charge is 2.28. The van der Waals surface area contributed by atoms with Crippen molar-refractivity contribution in [3.05, 3.63) is 29.6 Å². The van der Waals surface area contributed by atoms with Gasteiger partial charge in [-0.05, 0) is 18.1 Å². The van der Waals surface area contributed by atoms with Crippen molar-refractivity contribution in [2.75, 3.05) is 27.0 Å². The van der Waals surface area contributed by atoms with Crippen LogP contribution in [0.1, 0.15) is 12.0 Å². The van der Waals surface area contributed by atoms with Crippen LogP contribution in [0.2, 0.25) is 0 Å². The number of carboxylic acid groups (broad SMARTS) is 2. The molecule has 2 N–H and O–H groups in total. The highest BCUT2D eigenvalue weighted by Crippen LogP contribution is 2.33. The van der Waals surface area contributed by atoms with Crippen LogP contribution in [0.25, 0.3) is 5.57 Å². The first-order chi connectivity index (χ1) is 10.5. The molecule has 0 aromatic carbocycles. The molecule has 0 saturated heterocycles. The Morgan fingerprint density at radius 3 is 2.82 bits per heavy atom. The van der Waals surface area contributed by atoms with Gasteiger partial charge in [0.05, 0.1) is 18.3 Å². The fourth-order valence-electron chi connectivity index (χ4n) is 2.29. The molecule has 1 aliphatic heterocycles. The summed E-state index contributed by atoms with van der Waals surface area (Å²) in [6.07, 6.45) is 2.17. The number of pyridine rings is 1. The van der Waals surface area contributed by atoms with E-state index in [1.165, 1.54) is 19.5 Å². The first kappa shape index (κ1) is 15.8. The van der Waals surface area contributed by atoms with Gasteiger partial charge in [-0.2, -0.15) is 0 Å². The summed E-state index contributed by atoms with van der Waals surface area (Å²) in [4.78, 5) is 27.5. The van der Waals surface area contributed by atoms with Gasteiger partial charge in [0.15, 0.2) is 6.79 Å². The van der Waals surface area contributed by atoms with Crippen LogP contribution in [-0.2, 0) is 9.53 Å². The second-order valence-corrected chi connectivity index (χ2v) is 4.64. The SMILES string of the molecule is COCOc1cnccc1C1=C(C(=O)O)CN(C(=O)O)CC1. The van der Waals surface area contributed by atoms with Crippen molar-refractivity contribution in [3.63, 3.8) is 0 Å². The Balaban J connectivity index is 2.42. The van der Waals surface area contributed by atoms with Crippen molar-refractivity contribution in [1.29, 1.82) is 0 Å². The summed E-state index contributed by atoms with van der Waals surface area (Å²) in [6.45, 7) is 0.0785. The Kier molecular flexibility index (Phi) is 4.95. The van der Waals surface area contributed by atoms with E-state index in [9.17, 15) is 14.7 Å². The minimum absolute atomic E-state index is 0.00955. The molecule has 1 aliphatic rings. The fraction of sp³-hybridized carbons (Fsp3) is 0.357. The van der Waals surface area contributed by atoms with Crippen molar-refractivity contribution < 1.29 is 29.3 Å². The van der Waals surface area contributed by atoms with E-state index in [1.807, 2.05) is 0 Å². The molecule has 0 aliphatic carbocycles. The molecular formula is C14H16N2O6. The van der Waals surface area contributed by atoms with Crippen LogP contribution in [0.4, 0.5) is 4.79 Å². The summed E-state index contributed by atoms with van der Waals surface area (Å²) >= 11 is 0. The van der Waals surface area contributed by atoms with Crippen LogP contribution in [0.15, 0.2) is 24.0 Å². The van der Waals surface area contributed by atoms with E-state index in [0.717, 1.165) is 4.90 Å². The van der Waals surface area contributed by atoms with Crippen LogP contribution >= 0.6 is 0 Å². The largest absolute Gasteiger partial charge is 0.478 e. The molecule has 0 saturated carbocycles. The number of amides is 1. The van der Waals surface area contributed by atoms with E-state index < -0.39 is 12.1 Å². The highest BCUT2D eigenvalue weighted by atomic mass is 16.7. The van der Waals surface area contributed by atoms with Crippen LogP contribution in [-0.4, -0.2) is 59.2 Å². The first-order valence-corrected chi connectivity index (χ1v) is 6.54. The van der Waals surface area contributed by atoms with Crippen LogP contribution < -0.4 is 4.74 Å². The maximum atomic E-state index is 11.5. The number of ether oxygens (including phenoxy) is 2. The Labute approximate surface area is 126 Å². The predicted molar refractivity (Wildman–Crippen MR) is 75.5 cm³/mol. The molecule has 0 radical (unpaired) electrons. The molecule has 2 heterocycles. The van der Waals surface area contributed by atoms with E-state index in [4.69, 9.17) is 14.6 Å². The maximum absolute atomic E-state index is 11.5. The normalized spacial score (nSPS) is 14.9. The number of carboxylic acids is 1. The van der Waals surface area contributed by atoms with E-state index in [-0.39, 0.29) is 25.5 Å². The van der Waals surface area contributed by atoms with Crippen LogP contribution in [0.3, 0.4) is 0 Å². The number of carbonyl (C=O) groups is 2. The zero-order valence-electron chi connectivity index (χ0n) is 12.0. The zero-order chi connectivity index (χ0) is 16.1. The molecule has 1 aromatic heterocycles. The molecule has 0 unspecified atom stereocenters. The number of aliphatic carboxylic acids is 1. The minimum atomic E-state index is -1.14. The molecule has 22 heavy (non-hydrogen) atoms. The van der Waals surface area contributed by atoms with E-state index in [0.29, 0.717) is 23.3 Å². The van der Waals surface area contributed by atoms with Gasteiger partial charge in [-0.1, -0.05) is 0 Å². The van der Waals surface area contributed by atoms with E-state index in [2.05, 4.69) is 4.98 Å². The summed E-state index contributed by atoms with van der Waals surface area (Å²) in [5, 5.41) is 18.4. The van der Waals surface area contributed by atoms with Gasteiger partial charge in [-0.3, -0.25) is 4.98 Å². The van der Waals surface area contributed by atoms with Crippen molar-refractivity contribution >= 4 is 17.6 Å². The highest BCUT2D eigenvalue weighted by molar-refractivity contribution is 5.98. The Morgan fingerprint density at radius 2 is 2.18 bits per heavy atom. The molecule has 1 aromatic rings. The molecule has 0 atom stereocenters. The molecule has 118 valence electrons. The Hall–Kier alpha value is -2.61. The number of aromatic nitrogens is 1. The molecule has 8 nitrogen and oxygen atoms in total. The monoisotopic (exact) mass is 308 g/mol. The third kappa shape index (κ3) is 3.34. The van der Waals surface area contributed by atoms with Gasteiger partial charge in [0.2, 0.25) is 0 Å². The lowest BCUT2D eigenvalue weighted by Crippen LogP contribution is -2.37. The third-order valence-corrected chi connectivity index (χ3v) is 3.32. The number of hydrogen-bond acceptors (Lipinski definition) is 5. The topological polar surface area (TPSA) is 109 Å². The Morgan fingerprint density at radius 1 is 1.41 bits per heavy atom. The number of rotatable bonds is 5. The summed E-state index contributed by atoms with van der Waals surface area (Å²) in [5.74, 6) is -0.739. The maximum Gasteiger partial charge on any atom is 0.407 e. The second kappa shape index (κ2) is 6.90. The lowest BCUT2D eigenvalue weighted by molar-refractivity contribution is -0.132. The average molecular weight is 308 g/mol. The van der Waals surface area contributed by atoms with Crippen LogP contribution in [0, 0.1) is 0 Å². The number of nitrogens with zero attached hydrogens (tertiary/aromatic N) is 2. The second-order valence-electron chi connectivity index (χ2n) is 4.64. The zero-order valence-corrected chi connectivity index (χ0v) is 12.0. The molecule has 0 fully saturated rings. The quantitative estimate of drug-likeness (QED) is 0.789. The van der Waals surface area contributed by atoms with Gasteiger partial charge in [0.25, 0.3) is 0 Å². The first-order valence-electron chi connectivity index (χ1n) is 6.54. The van der Waals surface area contributed by atoms with E-state index >= 15 is 0 Å². The summed E-state index contributed by atoms with van der Waals surface area (Å²) in [6, 6.07) is 1.65.